The van der Waals surface area contributed by atoms with Gasteiger partial charge in [0.2, 0.25) is 5.95 Å². The van der Waals surface area contributed by atoms with Crippen LogP contribution in [0.15, 0.2) is 52.7 Å². The number of carbonyl (C=O) groups excluding carboxylic acids is 1. The normalized spacial score (nSPS) is 10.7. The van der Waals surface area contributed by atoms with Crippen LogP contribution in [0.2, 0.25) is 0 Å². The number of carbonyl (C=O) groups is 1. The fourth-order valence-corrected chi connectivity index (χ4v) is 4.45. The molecule has 32 heavy (non-hydrogen) atoms. The molecular weight excluding hydrogens is 446 g/mol. The summed E-state index contributed by atoms with van der Waals surface area (Å²) < 4.78 is 10.6. The molecule has 8 nitrogen and oxygen atoms in total. The zero-order valence-electron chi connectivity index (χ0n) is 17.7. The minimum atomic E-state index is -0.288. The van der Waals surface area contributed by atoms with Crippen LogP contribution in [0.4, 0.5) is 5.95 Å². The molecule has 0 fully saturated rings. The van der Waals surface area contributed by atoms with Gasteiger partial charge >= 0.3 is 0 Å². The SMILES string of the molecule is COc1ccc(-c2nc(NC(=O)c3ccc(SCc4csc(C)n4)cc3)n[nH]2)c(OC)c1. The number of anilines is 1. The van der Waals surface area contributed by atoms with Gasteiger partial charge in [-0.1, -0.05) is 0 Å². The molecule has 0 aliphatic rings. The smallest absolute Gasteiger partial charge is 0.258 e. The van der Waals surface area contributed by atoms with Crippen molar-refractivity contribution >= 4 is 35.0 Å². The van der Waals surface area contributed by atoms with E-state index in [0.29, 0.717) is 28.5 Å². The van der Waals surface area contributed by atoms with E-state index in [2.05, 4.69) is 30.9 Å². The minimum absolute atomic E-state index is 0.181. The van der Waals surface area contributed by atoms with Crippen LogP contribution >= 0.6 is 23.1 Å². The van der Waals surface area contributed by atoms with E-state index in [1.54, 1.807) is 61.6 Å². The summed E-state index contributed by atoms with van der Waals surface area (Å²) in [4.78, 5) is 22.5. The van der Waals surface area contributed by atoms with Gasteiger partial charge in [-0.05, 0) is 43.3 Å². The van der Waals surface area contributed by atoms with Gasteiger partial charge in [0, 0.05) is 27.7 Å². The maximum absolute atomic E-state index is 12.6. The number of aromatic nitrogens is 4. The van der Waals surface area contributed by atoms with Gasteiger partial charge in [-0.25, -0.2) is 4.98 Å². The van der Waals surface area contributed by atoms with E-state index < -0.39 is 0 Å². The number of rotatable bonds is 8. The summed E-state index contributed by atoms with van der Waals surface area (Å²) in [5.41, 5.74) is 2.29. The number of aryl methyl sites for hydroxylation is 1. The summed E-state index contributed by atoms with van der Waals surface area (Å²) in [6.07, 6.45) is 0. The first-order valence-corrected chi connectivity index (χ1v) is 11.5. The number of thioether (sulfide) groups is 1. The first-order chi connectivity index (χ1) is 15.6. The molecular formula is C22H21N5O3S2. The molecule has 2 aromatic heterocycles. The molecule has 4 rings (SSSR count). The summed E-state index contributed by atoms with van der Waals surface area (Å²) in [6, 6.07) is 12.8. The number of thiazole rings is 1. The lowest BCUT2D eigenvalue weighted by atomic mass is 10.2. The standard InChI is InChI=1S/C22H21N5O3S2/c1-13-23-15(11-31-13)12-32-17-7-4-14(5-8-17)21(28)25-22-24-20(26-27-22)18-9-6-16(29-2)10-19(18)30-3/h4-11H,12H2,1-3H3,(H2,24,25,26,27,28). The number of hydrogen-bond donors (Lipinski definition) is 2. The van der Waals surface area contributed by atoms with Gasteiger partial charge in [-0.3, -0.25) is 15.2 Å². The Morgan fingerprint density at radius 3 is 2.62 bits per heavy atom. The maximum Gasteiger partial charge on any atom is 0.258 e. The van der Waals surface area contributed by atoms with E-state index in [9.17, 15) is 4.79 Å². The summed E-state index contributed by atoms with van der Waals surface area (Å²) in [7, 11) is 3.15. The van der Waals surface area contributed by atoms with Crippen LogP contribution in [-0.4, -0.2) is 40.3 Å². The van der Waals surface area contributed by atoms with Crippen molar-refractivity contribution in [3.8, 4) is 22.9 Å². The monoisotopic (exact) mass is 467 g/mol. The lowest BCUT2D eigenvalue weighted by molar-refractivity contribution is 0.102. The number of benzene rings is 2. The largest absolute Gasteiger partial charge is 0.497 e. The van der Waals surface area contributed by atoms with Gasteiger partial charge in [0.1, 0.15) is 11.5 Å². The molecule has 0 saturated heterocycles. The number of hydrogen-bond acceptors (Lipinski definition) is 8. The van der Waals surface area contributed by atoms with E-state index in [-0.39, 0.29) is 11.9 Å². The molecule has 4 aromatic rings. The van der Waals surface area contributed by atoms with Gasteiger partial charge in [0.05, 0.1) is 30.5 Å². The van der Waals surface area contributed by atoms with Crippen LogP contribution in [-0.2, 0) is 5.75 Å². The maximum atomic E-state index is 12.6. The van der Waals surface area contributed by atoms with Crippen LogP contribution in [0.3, 0.4) is 0 Å². The van der Waals surface area contributed by atoms with Crippen molar-refractivity contribution in [2.45, 2.75) is 17.6 Å². The fraction of sp³-hybridized carbons (Fsp3) is 0.182. The number of nitrogens with zero attached hydrogens (tertiary/aromatic N) is 3. The second-order valence-electron chi connectivity index (χ2n) is 6.70. The lowest BCUT2D eigenvalue weighted by Gasteiger charge is -2.07. The highest BCUT2D eigenvalue weighted by atomic mass is 32.2. The molecule has 164 valence electrons. The molecule has 2 N–H and O–H groups in total. The Morgan fingerprint density at radius 1 is 1.12 bits per heavy atom. The van der Waals surface area contributed by atoms with E-state index in [0.717, 1.165) is 21.3 Å². The molecule has 10 heteroatoms. The summed E-state index contributed by atoms with van der Waals surface area (Å²) in [6.45, 7) is 2.00. The third-order valence-electron chi connectivity index (χ3n) is 4.54. The lowest BCUT2D eigenvalue weighted by Crippen LogP contribution is -2.12. The van der Waals surface area contributed by atoms with E-state index in [4.69, 9.17) is 9.47 Å². The number of ether oxygens (including phenoxy) is 2. The fourth-order valence-electron chi connectivity index (χ4n) is 2.94. The Labute approximate surface area is 193 Å². The first-order valence-electron chi connectivity index (χ1n) is 9.65. The van der Waals surface area contributed by atoms with Crippen molar-refractivity contribution in [1.29, 1.82) is 0 Å². The number of amides is 1. The van der Waals surface area contributed by atoms with Crippen molar-refractivity contribution in [3.63, 3.8) is 0 Å². The zero-order chi connectivity index (χ0) is 22.5. The van der Waals surface area contributed by atoms with Crippen LogP contribution < -0.4 is 14.8 Å². The summed E-state index contributed by atoms with van der Waals surface area (Å²) >= 11 is 3.33. The molecule has 1 amide bonds. The average Bonchev–Trinajstić information content (AvgIpc) is 3.46. The van der Waals surface area contributed by atoms with Gasteiger partial charge in [0.25, 0.3) is 5.91 Å². The van der Waals surface area contributed by atoms with Crippen LogP contribution in [0, 0.1) is 6.92 Å². The van der Waals surface area contributed by atoms with Gasteiger partial charge < -0.3 is 9.47 Å². The van der Waals surface area contributed by atoms with Gasteiger partial charge in [-0.2, -0.15) is 4.98 Å². The average molecular weight is 468 g/mol. The van der Waals surface area contributed by atoms with E-state index in [1.807, 2.05) is 25.1 Å². The number of H-pyrrole nitrogens is 1. The van der Waals surface area contributed by atoms with Crippen LogP contribution in [0.25, 0.3) is 11.4 Å². The van der Waals surface area contributed by atoms with Crippen LogP contribution in [0.5, 0.6) is 11.5 Å². The molecule has 0 saturated carbocycles. The quantitative estimate of drug-likeness (QED) is 0.359. The summed E-state index contributed by atoms with van der Waals surface area (Å²) in [5.74, 6) is 2.42. The number of aromatic amines is 1. The molecule has 0 radical (unpaired) electrons. The third kappa shape index (κ3) is 5.09. The summed E-state index contributed by atoms with van der Waals surface area (Å²) in [5, 5.41) is 12.8. The topological polar surface area (TPSA) is 102 Å². The Morgan fingerprint density at radius 2 is 1.94 bits per heavy atom. The first kappa shape index (κ1) is 21.8. The minimum Gasteiger partial charge on any atom is -0.497 e. The van der Waals surface area contributed by atoms with Crippen molar-refractivity contribution in [1.82, 2.24) is 20.2 Å². The Bertz CT molecular complexity index is 1220. The molecule has 2 aromatic carbocycles. The molecule has 0 aliphatic carbocycles. The van der Waals surface area contributed by atoms with E-state index in [1.165, 1.54) is 0 Å². The van der Waals surface area contributed by atoms with Crippen molar-refractivity contribution < 1.29 is 14.3 Å². The van der Waals surface area contributed by atoms with Gasteiger partial charge in [-0.15, -0.1) is 28.2 Å². The molecule has 0 bridgehead atoms. The van der Waals surface area contributed by atoms with Crippen molar-refractivity contribution in [3.05, 3.63) is 64.1 Å². The molecule has 0 atom stereocenters. The second kappa shape index (κ2) is 9.84. The molecule has 0 aliphatic heterocycles. The second-order valence-corrected chi connectivity index (χ2v) is 8.81. The molecule has 0 unspecified atom stereocenters. The Hall–Kier alpha value is -3.37. The molecule has 0 spiro atoms. The number of methoxy groups -OCH3 is 2. The predicted molar refractivity (Wildman–Crippen MR) is 126 cm³/mol. The van der Waals surface area contributed by atoms with Gasteiger partial charge in [0.15, 0.2) is 5.82 Å². The van der Waals surface area contributed by atoms with Crippen molar-refractivity contribution in [2.24, 2.45) is 0 Å². The van der Waals surface area contributed by atoms with E-state index >= 15 is 0 Å². The highest BCUT2D eigenvalue weighted by Gasteiger charge is 2.14. The highest BCUT2D eigenvalue weighted by Crippen LogP contribution is 2.31. The van der Waals surface area contributed by atoms with Crippen molar-refractivity contribution in [2.75, 3.05) is 19.5 Å². The highest BCUT2D eigenvalue weighted by molar-refractivity contribution is 7.98. The molecule has 2 heterocycles. The third-order valence-corrected chi connectivity index (χ3v) is 6.41. The Kier molecular flexibility index (Phi) is 6.72. The Balaban J connectivity index is 1.40. The van der Waals surface area contributed by atoms with Crippen LogP contribution in [0.1, 0.15) is 21.1 Å². The number of nitrogens with one attached hydrogen (secondary N) is 2. The predicted octanol–water partition coefficient (Wildman–Crippen LogP) is 4.80. The zero-order valence-corrected chi connectivity index (χ0v) is 19.3.